The number of alkyl halides is 1. The summed E-state index contributed by atoms with van der Waals surface area (Å²) in [6, 6.07) is 3.63. The van der Waals surface area contributed by atoms with Gasteiger partial charge in [0, 0.05) is 38.1 Å². The Balaban J connectivity index is 0.00000336. The van der Waals surface area contributed by atoms with E-state index in [1.165, 1.54) is 7.11 Å². The van der Waals surface area contributed by atoms with Crippen LogP contribution in [0.5, 0.6) is 0 Å². The molecule has 1 aliphatic carbocycles. The van der Waals surface area contributed by atoms with Crippen molar-refractivity contribution >= 4 is 46.5 Å². The molecule has 5 rings (SSSR count). The summed E-state index contributed by atoms with van der Waals surface area (Å²) >= 11 is 6.87. The first kappa shape index (κ1) is 27.6. The molecule has 0 spiro atoms. The molecule has 206 valence electrons. The van der Waals surface area contributed by atoms with Gasteiger partial charge in [-0.3, -0.25) is 4.39 Å². The van der Waals surface area contributed by atoms with Crippen LogP contribution < -0.4 is 32.3 Å². The summed E-state index contributed by atoms with van der Waals surface area (Å²) in [4.78, 5) is 22.8. The second kappa shape index (κ2) is 11.5. The minimum absolute atomic E-state index is 0. The molecular weight excluding hydrogens is 515 g/mol. The number of nitrogens with one attached hydrogen (secondary N) is 3. The van der Waals surface area contributed by atoms with Crippen molar-refractivity contribution in [1.82, 2.24) is 24.9 Å². The van der Waals surface area contributed by atoms with E-state index in [2.05, 4.69) is 31.0 Å². The first-order valence-corrected chi connectivity index (χ1v) is 12.5. The standard InChI is InChI=1S/C23H30ClFN10O2.CH4/c1-37-23(36)31-17-11-34(10-13(17)6-25)18-5-12(7-26)4-16(19(18)24)30-22-32-20(29-14-2-3-14)21-28-9-15(8-27)35(21)33-22;/h4-5,9,13-14,17H,2-3,6-8,10-11,26-27H2,1H3,(H,31,36)(H2,29,30,32,33);1H4/t13-,17+;/m1./s1. The third-order valence-electron chi connectivity index (χ3n) is 6.62. The van der Waals surface area contributed by atoms with Gasteiger partial charge >= 0.3 is 6.09 Å². The van der Waals surface area contributed by atoms with Crippen molar-refractivity contribution in [3.63, 3.8) is 0 Å². The van der Waals surface area contributed by atoms with Crippen LogP contribution in [0.4, 0.5) is 32.3 Å². The predicted octanol–water partition coefficient (Wildman–Crippen LogP) is 2.78. The molecule has 2 aliphatic rings. The minimum atomic E-state index is -0.603. The highest BCUT2D eigenvalue weighted by molar-refractivity contribution is 6.36. The van der Waals surface area contributed by atoms with Gasteiger partial charge in [-0.15, -0.1) is 5.10 Å². The Hall–Kier alpha value is -3.42. The number of hydrogen-bond donors (Lipinski definition) is 5. The van der Waals surface area contributed by atoms with Gasteiger partial charge in [0.05, 0.1) is 48.1 Å². The van der Waals surface area contributed by atoms with Gasteiger partial charge in [-0.1, -0.05) is 19.0 Å². The molecule has 38 heavy (non-hydrogen) atoms. The van der Waals surface area contributed by atoms with Crippen LogP contribution in [0.1, 0.15) is 31.5 Å². The average Bonchev–Trinajstić information content (AvgIpc) is 3.47. The number of anilines is 4. The first-order chi connectivity index (χ1) is 17.9. The van der Waals surface area contributed by atoms with Crippen molar-refractivity contribution in [3.8, 4) is 0 Å². The number of halogens is 2. The Morgan fingerprint density at radius 2 is 2.05 bits per heavy atom. The molecule has 0 unspecified atom stereocenters. The van der Waals surface area contributed by atoms with Crippen LogP contribution in [0.25, 0.3) is 5.65 Å². The van der Waals surface area contributed by atoms with E-state index >= 15 is 0 Å². The second-order valence-corrected chi connectivity index (χ2v) is 9.64. The maximum Gasteiger partial charge on any atom is 0.407 e. The van der Waals surface area contributed by atoms with Crippen LogP contribution >= 0.6 is 11.6 Å². The molecule has 3 aromatic rings. The SMILES string of the molecule is C.COC(=O)N[C@H]1CN(c2cc(CN)cc(Nc3nc(NC4CC4)c4ncc(CN)n4n3)c2Cl)C[C@H]1CF. The number of nitrogens with zero attached hydrogens (tertiary/aromatic N) is 5. The summed E-state index contributed by atoms with van der Waals surface area (Å²) in [6.07, 6.45) is 3.21. The predicted molar refractivity (Wildman–Crippen MR) is 146 cm³/mol. The number of amides is 1. The van der Waals surface area contributed by atoms with Gasteiger partial charge in [0.25, 0.3) is 0 Å². The van der Waals surface area contributed by atoms with Gasteiger partial charge < -0.3 is 37.1 Å². The maximum atomic E-state index is 13.8. The van der Waals surface area contributed by atoms with E-state index in [-0.39, 0.29) is 20.5 Å². The third kappa shape index (κ3) is 5.54. The number of carbonyl (C=O) groups excluding carboxylic acids is 1. The maximum absolute atomic E-state index is 13.8. The van der Waals surface area contributed by atoms with Gasteiger partial charge in [-0.2, -0.15) is 4.98 Å². The van der Waals surface area contributed by atoms with Crippen LogP contribution in [-0.2, 0) is 17.8 Å². The first-order valence-electron chi connectivity index (χ1n) is 12.1. The Labute approximate surface area is 225 Å². The summed E-state index contributed by atoms with van der Waals surface area (Å²) in [7, 11) is 1.28. The van der Waals surface area contributed by atoms with Gasteiger partial charge in [-0.25, -0.2) is 14.3 Å². The molecule has 1 amide bonds. The molecule has 12 nitrogen and oxygen atoms in total. The normalized spacial score (nSPS) is 18.8. The van der Waals surface area contributed by atoms with Crippen LogP contribution in [0, 0.1) is 5.92 Å². The third-order valence-corrected chi connectivity index (χ3v) is 7.02. The summed E-state index contributed by atoms with van der Waals surface area (Å²) in [5.41, 5.74) is 15.2. The number of nitrogens with two attached hydrogens (primary N) is 2. The highest BCUT2D eigenvalue weighted by Gasteiger charge is 2.35. The van der Waals surface area contributed by atoms with Crippen LogP contribution in [0.3, 0.4) is 0 Å². The zero-order valence-corrected chi connectivity index (χ0v) is 21.1. The molecule has 1 saturated carbocycles. The second-order valence-electron chi connectivity index (χ2n) is 9.26. The summed E-state index contributed by atoms with van der Waals surface area (Å²) < 4.78 is 20.1. The van der Waals surface area contributed by atoms with Crippen molar-refractivity contribution in [2.24, 2.45) is 17.4 Å². The Morgan fingerprint density at radius 1 is 1.26 bits per heavy atom. The van der Waals surface area contributed by atoms with E-state index in [0.29, 0.717) is 52.9 Å². The van der Waals surface area contributed by atoms with Crippen molar-refractivity contribution in [3.05, 3.63) is 34.6 Å². The zero-order valence-electron chi connectivity index (χ0n) is 20.4. The number of rotatable bonds is 9. The Bertz CT molecular complexity index is 1300. The molecule has 2 aromatic heterocycles. The molecule has 1 aliphatic heterocycles. The monoisotopic (exact) mass is 548 g/mol. The number of ether oxygens (including phenoxy) is 1. The van der Waals surface area contributed by atoms with E-state index in [0.717, 1.165) is 24.1 Å². The van der Waals surface area contributed by atoms with Gasteiger partial charge in [0.1, 0.15) is 0 Å². The number of alkyl carbamates (subject to hydrolysis) is 1. The fourth-order valence-corrected chi connectivity index (χ4v) is 4.74. The number of aromatic nitrogens is 4. The fourth-order valence-electron chi connectivity index (χ4n) is 4.46. The lowest BCUT2D eigenvalue weighted by Crippen LogP contribution is -2.41. The largest absolute Gasteiger partial charge is 0.453 e. The van der Waals surface area contributed by atoms with Crippen LogP contribution in [-0.4, -0.2) is 64.6 Å². The summed E-state index contributed by atoms with van der Waals surface area (Å²) in [5, 5.41) is 14.3. The topological polar surface area (TPSA) is 161 Å². The summed E-state index contributed by atoms with van der Waals surface area (Å²) in [5.74, 6) is 0.498. The molecule has 1 saturated heterocycles. The van der Waals surface area contributed by atoms with Gasteiger partial charge in [-0.05, 0) is 30.5 Å². The highest BCUT2D eigenvalue weighted by Crippen LogP contribution is 2.38. The van der Waals surface area contributed by atoms with Gasteiger partial charge in [0.2, 0.25) is 5.95 Å². The van der Waals surface area contributed by atoms with Crippen molar-refractivity contribution in [2.45, 2.75) is 45.4 Å². The zero-order chi connectivity index (χ0) is 26.1. The lowest BCUT2D eigenvalue weighted by molar-refractivity contribution is 0.163. The molecule has 1 aromatic carbocycles. The number of carbonyl (C=O) groups is 1. The molecule has 3 heterocycles. The van der Waals surface area contributed by atoms with E-state index in [1.807, 2.05) is 17.0 Å². The smallest absolute Gasteiger partial charge is 0.407 e. The number of hydrogen-bond acceptors (Lipinski definition) is 10. The van der Waals surface area contributed by atoms with Crippen molar-refractivity contribution < 1.29 is 13.9 Å². The molecule has 7 N–H and O–H groups in total. The van der Waals surface area contributed by atoms with Gasteiger partial charge in [0.15, 0.2) is 11.5 Å². The Kier molecular flexibility index (Phi) is 8.38. The van der Waals surface area contributed by atoms with Crippen molar-refractivity contribution in [1.29, 1.82) is 0 Å². The average molecular weight is 549 g/mol. The van der Waals surface area contributed by atoms with Crippen LogP contribution in [0.15, 0.2) is 18.3 Å². The Morgan fingerprint density at radius 3 is 2.71 bits per heavy atom. The van der Waals surface area contributed by atoms with E-state index in [9.17, 15) is 9.18 Å². The van der Waals surface area contributed by atoms with E-state index in [1.54, 1.807) is 10.7 Å². The van der Waals surface area contributed by atoms with Crippen LogP contribution in [0.2, 0.25) is 5.02 Å². The number of imidazole rings is 1. The summed E-state index contributed by atoms with van der Waals surface area (Å²) in [6.45, 7) is 0.661. The molecule has 0 radical (unpaired) electrons. The number of benzene rings is 1. The highest BCUT2D eigenvalue weighted by atomic mass is 35.5. The minimum Gasteiger partial charge on any atom is -0.453 e. The van der Waals surface area contributed by atoms with E-state index < -0.39 is 24.7 Å². The molecule has 14 heteroatoms. The van der Waals surface area contributed by atoms with E-state index in [4.69, 9.17) is 27.8 Å². The lowest BCUT2D eigenvalue weighted by Gasteiger charge is -2.23. The lowest BCUT2D eigenvalue weighted by atomic mass is 10.1. The molecular formula is C24H34ClFN10O2. The quantitative estimate of drug-likeness (QED) is 0.269. The fraction of sp³-hybridized carbons (Fsp3) is 0.500. The number of fused-ring (bicyclic) bond motifs is 1. The van der Waals surface area contributed by atoms with Crippen molar-refractivity contribution in [2.75, 3.05) is 42.4 Å². The molecule has 2 fully saturated rings. The number of methoxy groups -OCH3 is 1. The molecule has 0 bridgehead atoms. The molecule has 2 atom stereocenters.